The van der Waals surface area contributed by atoms with E-state index in [1.54, 1.807) is 6.26 Å². The molecule has 0 unspecified atom stereocenters. The van der Waals surface area contributed by atoms with E-state index < -0.39 is 135 Å². The van der Waals surface area contributed by atoms with Gasteiger partial charge in [-0.25, -0.2) is 4.79 Å². The minimum Gasteiger partial charge on any atom is -0.481 e. The van der Waals surface area contributed by atoms with Gasteiger partial charge in [0.1, 0.15) is 30.2 Å². The number of guanidine groups is 1. The number of carbonyl (C=O) groups excluding carboxylic acids is 7. The van der Waals surface area contributed by atoms with Crippen molar-refractivity contribution in [2.75, 3.05) is 31.6 Å². The molecule has 0 rings (SSSR count). The second-order valence-corrected chi connectivity index (χ2v) is 12.4. The fourth-order valence-electron chi connectivity index (χ4n) is 4.36. The van der Waals surface area contributed by atoms with E-state index in [1.165, 1.54) is 11.8 Å². The van der Waals surface area contributed by atoms with E-state index in [2.05, 4.69) is 36.9 Å². The van der Waals surface area contributed by atoms with Crippen LogP contribution in [-0.2, 0) is 47.9 Å². The van der Waals surface area contributed by atoms with Crippen LogP contribution in [0.3, 0.4) is 0 Å². The highest BCUT2D eigenvalue weighted by Gasteiger charge is 2.32. The van der Waals surface area contributed by atoms with Crippen molar-refractivity contribution < 1.29 is 63.3 Å². The molecule has 0 aromatic rings. The Hall–Kier alpha value is -5.72. The molecule has 0 radical (unpaired) electrons. The summed E-state index contributed by atoms with van der Waals surface area (Å²) in [6, 6.07) is -7.64. The van der Waals surface area contributed by atoms with Crippen molar-refractivity contribution in [1.82, 2.24) is 31.9 Å². The van der Waals surface area contributed by atoms with Crippen LogP contribution in [0, 0.1) is 0 Å². The molecule has 17 N–H and O–H groups in total. The summed E-state index contributed by atoms with van der Waals surface area (Å²) in [5, 5.41) is 40.9. The van der Waals surface area contributed by atoms with E-state index in [9.17, 15) is 58.2 Å². The van der Waals surface area contributed by atoms with Gasteiger partial charge < -0.3 is 70.2 Å². The van der Waals surface area contributed by atoms with Crippen molar-refractivity contribution in [2.45, 2.75) is 81.6 Å². The summed E-state index contributed by atoms with van der Waals surface area (Å²) < 4.78 is 0. The molecular formula is C29H49N11O13S. The van der Waals surface area contributed by atoms with E-state index in [0.717, 1.165) is 0 Å². The van der Waals surface area contributed by atoms with E-state index in [1.807, 2.05) is 0 Å². The number of carbonyl (C=O) groups is 10. The Morgan fingerprint density at radius 2 is 1.11 bits per heavy atom. The number of carboxylic acid groups (broad SMARTS) is 3. The predicted octanol–water partition coefficient (Wildman–Crippen LogP) is -6.02. The van der Waals surface area contributed by atoms with Crippen molar-refractivity contribution in [3.05, 3.63) is 0 Å². The highest BCUT2D eigenvalue weighted by molar-refractivity contribution is 7.98. The molecule has 7 amide bonds. The molecule has 0 spiro atoms. The number of thioether (sulfide) groups is 1. The number of hydrogen-bond acceptors (Lipinski definition) is 13. The van der Waals surface area contributed by atoms with Gasteiger partial charge in [-0.2, -0.15) is 11.8 Å². The number of primary amides is 1. The van der Waals surface area contributed by atoms with Crippen LogP contribution >= 0.6 is 11.8 Å². The SMILES string of the molecule is CSCC[C@H](NC(=O)CN)C(=O)N[C@@H](CC(N)=O)C(=O)N[C@@H](CCC(=O)O)C(=O)N[C@@H](CCCN=C(N)N)C(=O)NCC(=O)N[C@@H](CCC(=O)O)C(=O)O. The lowest BCUT2D eigenvalue weighted by Crippen LogP contribution is -2.59. The summed E-state index contributed by atoms with van der Waals surface area (Å²) in [7, 11) is 0. The van der Waals surface area contributed by atoms with Crippen molar-refractivity contribution >= 4 is 77.0 Å². The van der Waals surface area contributed by atoms with Gasteiger partial charge in [0.05, 0.1) is 19.5 Å². The number of nitrogens with two attached hydrogens (primary N) is 4. The predicted molar refractivity (Wildman–Crippen MR) is 190 cm³/mol. The summed E-state index contributed by atoms with van der Waals surface area (Å²) in [5.41, 5.74) is 21.2. The zero-order chi connectivity index (χ0) is 41.4. The Morgan fingerprint density at radius 3 is 1.59 bits per heavy atom. The summed E-state index contributed by atoms with van der Waals surface area (Å²) in [6.45, 7) is -1.29. The van der Waals surface area contributed by atoms with Crippen molar-refractivity contribution in [3.8, 4) is 0 Å². The van der Waals surface area contributed by atoms with Gasteiger partial charge in [-0.3, -0.25) is 48.1 Å². The summed E-state index contributed by atoms with van der Waals surface area (Å²) in [4.78, 5) is 127. The third-order valence-electron chi connectivity index (χ3n) is 7.05. The quantitative estimate of drug-likeness (QED) is 0.0199. The Bertz CT molecular complexity index is 1390. The zero-order valence-electron chi connectivity index (χ0n) is 29.5. The highest BCUT2D eigenvalue weighted by Crippen LogP contribution is 2.07. The standard InChI is InChI=1S/C29H49N11O13S/c1-54-10-8-16(36-20(42)12-30)26(50)40-18(11-19(31)41)27(51)39-15(4-6-22(44)45)25(49)38-14(3-2-9-34-29(32)33)24(48)35-13-21(43)37-17(28(52)53)5-7-23(46)47/h14-18H,2-13,30H2,1H3,(H2,31,41)(H,35,48)(H,36,42)(H,37,43)(H,38,49)(H,39,51)(H,40,50)(H,44,45)(H,46,47)(H,52,53)(H4,32,33,34)/t14-,15-,16-,17-,18-/m0/s1. The second-order valence-electron chi connectivity index (χ2n) is 11.4. The molecule has 0 aliphatic heterocycles. The van der Waals surface area contributed by atoms with E-state index >= 15 is 0 Å². The minimum absolute atomic E-state index is 0.0241. The Kier molecular flexibility index (Phi) is 23.3. The Labute approximate surface area is 313 Å². The molecule has 0 saturated heterocycles. The second kappa shape index (κ2) is 26.1. The average Bonchev–Trinajstić information content (AvgIpc) is 3.08. The number of nitrogens with zero attached hydrogens (tertiary/aromatic N) is 1. The van der Waals surface area contributed by atoms with Crippen LogP contribution in [0.2, 0.25) is 0 Å². The van der Waals surface area contributed by atoms with Crippen LogP contribution in [-0.4, -0.2) is 142 Å². The molecule has 0 bridgehead atoms. The molecule has 0 aliphatic carbocycles. The van der Waals surface area contributed by atoms with Crippen molar-refractivity contribution in [1.29, 1.82) is 0 Å². The van der Waals surface area contributed by atoms with E-state index in [-0.39, 0.29) is 31.8 Å². The van der Waals surface area contributed by atoms with Crippen LogP contribution in [0.5, 0.6) is 0 Å². The Morgan fingerprint density at radius 1 is 0.630 bits per heavy atom. The van der Waals surface area contributed by atoms with Crippen molar-refractivity contribution in [3.63, 3.8) is 0 Å². The fraction of sp³-hybridized carbons (Fsp3) is 0.621. The first kappa shape index (κ1) is 48.3. The molecule has 0 fully saturated rings. The minimum atomic E-state index is -1.70. The first-order valence-electron chi connectivity index (χ1n) is 16.3. The molecule has 0 aromatic carbocycles. The zero-order valence-corrected chi connectivity index (χ0v) is 30.3. The van der Waals surface area contributed by atoms with E-state index in [4.69, 9.17) is 28.0 Å². The summed E-state index contributed by atoms with van der Waals surface area (Å²) in [6.07, 6.45) is -1.31. The molecule has 54 heavy (non-hydrogen) atoms. The molecule has 24 nitrogen and oxygen atoms in total. The molecule has 0 aliphatic rings. The van der Waals surface area contributed by atoms with Crippen molar-refractivity contribution in [2.24, 2.45) is 27.9 Å². The molecule has 0 saturated carbocycles. The van der Waals surface area contributed by atoms with Gasteiger partial charge in [0.25, 0.3) is 0 Å². The van der Waals surface area contributed by atoms with Gasteiger partial charge in [0.2, 0.25) is 41.4 Å². The highest BCUT2D eigenvalue weighted by atomic mass is 32.2. The lowest BCUT2D eigenvalue weighted by Gasteiger charge is -2.26. The van der Waals surface area contributed by atoms with Crippen LogP contribution in [0.1, 0.15) is 51.4 Å². The number of nitrogens with one attached hydrogen (secondary N) is 6. The van der Waals surface area contributed by atoms with Gasteiger partial charge in [-0.05, 0) is 44.1 Å². The molecule has 5 atom stereocenters. The summed E-state index contributed by atoms with van der Waals surface area (Å²) >= 11 is 1.35. The number of amides is 7. The van der Waals surface area contributed by atoms with Gasteiger partial charge in [-0.15, -0.1) is 0 Å². The van der Waals surface area contributed by atoms with Crippen LogP contribution in [0.4, 0.5) is 0 Å². The number of hydrogen-bond donors (Lipinski definition) is 13. The first-order valence-corrected chi connectivity index (χ1v) is 17.7. The number of rotatable bonds is 28. The van der Waals surface area contributed by atoms with Gasteiger partial charge >= 0.3 is 17.9 Å². The third kappa shape index (κ3) is 21.6. The summed E-state index contributed by atoms with van der Waals surface area (Å²) in [5.74, 6) is -11.0. The van der Waals surface area contributed by atoms with Crippen LogP contribution < -0.4 is 54.8 Å². The lowest BCUT2D eigenvalue weighted by molar-refractivity contribution is -0.143. The largest absolute Gasteiger partial charge is 0.481 e. The van der Waals surface area contributed by atoms with Crippen LogP contribution in [0.25, 0.3) is 0 Å². The molecular weight excluding hydrogens is 742 g/mol. The topological polar surface area (TPSA) is 420 Å². The van der Waals surface area contributed by atoms with E-state index in [0.29, 0.717) is 5.75 Å². The number of aliphatic carboxylic acids is 3. The Balaban J connectivity index is 6.15. The fourth-order valence-corrected chi connectivity index (χ4v) is 4.83. The maximum Gasteiger partial charge on any atom is 0.326 e. The number of aliphatic imine (C=N–C) groups is 1. The van der Waals surface area contributed by atoms with Crippen LogP contribution in [0.15, 0.2) is 4.99 Å². The smallest absolute Gasteiger partial charge is 0.326 e. The normalized spacial score (nSPS) is 13.3. The maximum atomic E-state index is 13.5. The van der Waals surface area contributed by atoms with Gasteiger partial charge in [0.15, 0.2) is 5.96 Å². The molecule has 0 aromatic heterocycles. The molecule has 0 heterocycles. The molecule has 25 heteroatoms. The third-order valence-corrected chi connectivity index (χ3v) is 7.69. The average molecular weight is 792 g/mol. The first-order chi connectivity index (χ1) is 25.3. The monoisotopic (exact) mass is 791 g/mol. The van der Waals surface area contributed by atoms with Gasteiger partial charge in [0, 0.05) is 19.4 Å². The van der Waals surface area contributed by atoms with Gasteiger partial charge in [-0.1, -0.05) is 0 Å². The lowest BCUT2D eigenvalue weighted by atomic mass is 10.1. The number of carboxylic acids is 3. The molecule has 304 valence electrons. The maximum absolute atomic E-state index is 13.5.